The molecule has 3 heterocycles. The number of carbonyl (C=O) groups is 3. The van der Waals surface area contributed by atoms with Crippen molar-refractivity contribution in [2.75, 3.05) is 13.1 Å². The Balaban J connectivity index is 1.40. The van der Waals surface area contributed by atoms with Gasteiger partial charge in [0.15, 0.2) is 5.69 Å². The predicted octanol–water partition coefficient (Wildman–Crippen LogP) is 2.74. The minimum atomic E-state index is -1.03. The van der Waals surface area contributed by atoms with E-state index in [1.807, 2.05) is 6.92 Å². The summed E-state index contributed by atoms with van der Waals surface area (Å²) in [6, 6.07) is 6.93. The molecule has 0 bridgehead atoms. The number of nitrogens with one attached hydrogen (secondary N) is 1. The van der Waals surface area contributed by atoms with Gasteiger partial charge in [0.05, 0.1) is 6.54 Å². The molecule has 0 radical (unpaired) electrons. The molecule has 1 aromatic carbocycles. The highest BCUT2D eigenvalue weighted by molar-refractivity contribution is 6.07. The number of likely N-dealkylation sites (tertiary alicyclic amines) is 1. The predicted molar refractivity (Wildman–Crippen MR) is 108 cm³/mol. The second-order valence-electron chi connectivity index (χ2n) is 8.25. The van der Waals surface area contributed by atoms with E-state index in [4.69, 9.17) is 4.52 Å². The summed E-state index contributed by atoms with van der Waals surface area (Å²) in [7, 11) is 0. The summed E-state index contributed by atoms with van der Waals surface area (Å²) in [5, 5.41) is 6.69. The molecule has 2 saturated heterocycles. The number of aromatic nitrogens is 1. The number of amides is 4. The van der Waals surface area contributed by atoms with Crippen molar-refractivity contribution in [2.24, 2.45) is 5.92 Å². The maximum atomic E-state index is 13.1. The van der Waals surface area contributed by atoms with E-state index in [1.54, 1.807) is 30.0 Å². The molecule has 1 N–H and O–H groups in total. The molecule has 9 heteroatoms. The fraction of sp³-hybridized carbons (Fsp3) is 0.455. The van der Waals surface area contributed by atoms with Gasteiger partial charge in [0.2, 0.25) is 0 Å². The average molecular weight is 428 g/mol. The minimum absolute atomic E-state index is 0.0871. The summed E-state index contributed by atoms with van der Waals surface area (Å²) in [5.74, 6) is -0.299. The molecule has 2 aromatic rings. The van der Waals surface area contributed by atoms with Crippen molar-refractivity contribution >= 4 is 17.8 Å². The monoisotopic (exact) mass is 428 g/mol. The van der Waals surface area contributed by atoms with Crippen LogP contribution in [0.5, 0.6) is 0 Å². The second-order valence-corrected chi connectivity index (χ2v) is 8.25. The summed E-state index contributed by atoms with van der Waals surface area (Å²) in [4.78, 5) is 41.2. The Hall–Kier alpha value is -3.23. The summed E-state index contributed by atoms with van der Waals surface area (Å²) in [6.07, 6.45) is 1.82. The van der Waals surface area contributed by atoms with Gasteiger partial charge >= 0.3 is 6.03 Å². The molecule has 31 heavy (non-hydrogen) atoms. The summed E-state index contributed by atoms with van der Waals surface area (Å²) < 4.78 is 18.3. The van der Waals surface area contributed by atoms with Gasteiger partial charge in [-0.25, -0.2) is 9.18 Å². The zero-order chi connectivity index (χ0) is 22.2. The molecular weight excluding hydrogens is 403 g/mol. The number of hydrogen-bond donors (Lipinski definition) is 1. The van der Waals surface area contributed by atoms with E-state index in [-0.39, 0.29) is 35.8 Å². The highest BCUT2D eigenvalue weighted by Crippen LogP contribution is 2.34. The fourth-order valence-electron chi connectivity index (χ4n) is 4.31. The van der Waals surface area contributed by atoms with E-state index in [1.165, 1.54) is 17.0 Å². The lowest BCUT2D eigenvalue weighted by Crippen LogP contribution is -2.54. The lowest BCUT2D eigenvalue weighted by Gasteiger charge is -2.38. The van der Waals surface area contributed by atoms with Gasteiger partial charge < -0.3 is 14.7 Å². The average Bonchev–Trinajstić information content (AvgIpc) is 3.34. The van der Waals surface area contributed by atoms with Crippen molar-refractivity contribution in [2.45, 2.75) is 45.2 Å². The second kappa shape index (κ2) is 8.13. The van der Waals surface area contributed by atoms with Gasteiger partial charge in [0.25, 0.3) is 11.8 Å². The van der Waals surface area contributed by atoms with Crippen molar-refractivity contribution < 1.29 is 23.3 Å². The third kappa shape index (κ3) is 3.92. The highest BCUT2D eigenvalue weighted by Gasteiger charge is 2.52. The summed E-state index contributed by atoms with van der Waals surface area (Å²) in [6.45, 7) is 4.69. The van der Waals surface area contributed by atoms with Crippen LogP contribution in [0.25, 0.3) is 0 Å². The maximum Gasteiger partial charge on any atom is 0.325 e. The molecule has 4 amide bonds. The number of nitrogens with zero attached hydrogens (tertiary/aromatic N) is 3. The fourth-order valence-corrected chi connectivity index (χ4v) is 4.31. The number of aryl methyl sites for hydroxylation is 1. The Morgan fingerprint density at radius 1 is 1.26 bits per heavy atom. The van der Waals surface area contributed by atoms with Gasteiger partial charge in [-0.05, 0) is 43.4 Å². The molecule has 8 nitrogen and oxygen atoms in total. The molecule has 1 aromatic heterocycles. The van der Waals surface area contributed by atoms with Gasteiger partial charge in [-0.1, -0.05) is 24.2 Å². The van der Waals surface area contributed by atoms with Crippen LogP contribution in [-0.4, -0.2) is 51.4 Å². The molecule has 2 aliphatic rings. The lowest BCUT2D eigenvalue weighted by molar-refractivity contribution is -0.133. The van der Waals surface area contributed by atoms with Crippen molar-refractivity contribution in [1.82, 2.24) is 20.3 Å². The number of halogens is 1. The topological polar surface area (TPSA) is 95.8 Å². The number of imide groups is 1. The van der Waals surface area contributed by atoms with E-state index in [2.05, 4.69) is 10.5 Å². The standard InChI is InChI=1S/C22H25FN4O4/c1-3-17-12-18(25-31-17)19(28)26-10-8-15(9-11-26)22(2)20(29)27(21(30)24-22)13-14-4-6-16(23)7-5-14/h4-7,12,15H,3,8-11,13H2,1-2H3,(H,24,30). The third-order valence-electron chi connectivity index (χ3n) is 6.28. The number of hydrogen-bond acceptors (Lipinski definition) is 5. The van der Waals surface area contributed by atoms with E-state index < -0.39 is 11.6 Å². The molecule has 1 atom stereocenters. The first-order valence-corrected chi connectivity index (χ1v) is 10.4. The van der Waals surface area contributed by atoms with Crippen LogP contribution < -0.4 is 5.32 Å². The van der Waals surface area contributed by atoms with Crippen molar-refractivity contribution in [3.63, 3.8) is 0 Å². The molecular formula is C22H25FN4O4. The molecule has 2 fully saturated rings. The van der Waals surface area contributed by atoms with Crippen LogP contribution in [0.15, 0.2) is 34.9 Å². The smallest absolute Gasteiger partial charge is 0.325 e. The van der Waals surface area contributed by atoms with E-state index >= 15 is 0 Å². The number of urea groups is 1. The van der Waals surface area contributed by atoms with Crippen molar-refractivity contribution in [3.8, 4) is 0 Å². The summed E-state index contributed by atoms with van der Waals surface area (Å²) in [5.41, 5.74) is -0.0685. The Morgan fingerprint density at radius 3 is 2.55 bits per heavy atom. The Bertz CT molecular complexity index is 997. The maximum absolute atomic E-state index is 13.1. The van der Waals surface area contributed by atoms with Crippen LogP contribution in [0, 0.1) is 11.7 Å². The molecule has 0 aliphatic carbocycles. The minimum Gasteiger partial charge on any atom is -0.361 e. The van der Waals surface area contributed by atoms with Gasteiger partial charge in [0.1, 0.15) is 17.1 Å². The SMILES string of the molecule is CCc1cc(C(=O)N2CCC(C3(C)NC(=O)N(Cc4ccc(F)cc4)C3=O)CC2)no1. The van der Waals surface area contributed by atoms with Crippen LogP contribution >= 0.6 is 0 Å². The molecule has 0 saturated carbocycles. The van der Waals surface area contributed by atoms with E-state index in [0.29, 0.717) is 43.7 Å². The first-order valence-electron chi connectivity index (χ1n) is 10.4. The molecule has 0 spiro atoms. The van der Waals surface area contributed by atoms with E-state index in [9.17, 15) is 18.8 Å². The van der Waals surface area contributed by atoms with Crippen LogP contribution in [-0.2, 0) is 17.8 Å². The first kappa shape index (κ1) is 21.0. The van der Waals surface area contributed by atoms with E-state index in [0.717, 1.165) is 0 Å². The summed E-state index contributed by atoms with van der Waals surface area (Å²) >= 11 is 0. The van der Waals surface area contributed by atoms with Crippen LogP contribution in [0.1, 0.15) is 48.5 Å². The molecule has 4 rings (SSSR count). The largest absolute Gasteiger partial charge is 0.361 e. The van der Waals surface area contributed by atoms with Crippen LogP contribution in [0.2, 0.25) is 0 Å². The van der Waals surface area contributed by atoms with Gasteiger partial charge in [-0.2, -0.15) is 0 Å². The number of carbonyl (C=O) groups excluding carboxylic acids is 3. The third-order valence-corrected chi connectivity index (χ3v) is 6.28. The van der Waals surface area contributed by atoms with Gasteiger partial charge in [0, 0.05) is 25.6 Å². The lowest BCUT2D eigenvalue weighted by atomic mass is 9.79. The number of benzene rings is 1. The normalized spacial score (nSPS) is 22.2. The van der Waals surface area contributed by atoms with Crippen molar-refractivity contribution in [3.05, 3.63) is 53.2 Å². The quantitative estimate of drug-likeness (QED) is 0.739. The first-order chi connectivity index (χ1) is 14.8. The Kier molecular flexibility index (Phi) is 5.51. The van der Waals surface area contributed by atoms with Gasteiger partial charge in [-0.3, -0.25) is 14.5 Å². The molecule has 2 aliphatic heterocycles. The Morgan fingerprint density at radius 2 is 1.94 bits per heavy atom. The number of rotatable bonds is 5. The van der Waals surface area contributed by atoms with Crippen molar-refractivity contribution in [1.29, 1.82) is 0 Å². The number of piperidine rings is 1. The molecule has 164 valence electrons. The van der Waals surface area contributed by atoms with Crippen LogP contribution in [0.4, 0.5) is 9.18 Å². The highest BCUT2D eigenvalue weighted by atomic mass is 19.1. The van der Waals surface area contributed by atoms with Crippen LogP contribution in [0.3, 0.4) is 0 Å². The molecule has 1 unspecified atom stereocenters. The van der Waals surface area contributed by atoms with Gasteiger partial charge in [-0.15, -0.1) is 0 Å². The zero-order valence-corrected chi connectivity index (χ0v) is 17.6. The zero-order valence-electron chi connectivity index (χ0n) is 17.6. The Labute approximate surface area is 179 Å².